The lowest BCUT2D eigenvalue weighted by molar-refractivity contribution is 0.144. The van der Waals surface area contributed by atoms with Gasteiger partial charge in [-0.3, -0.25) is 0 Å². The Morgan fingerprint density at radius 1 is 0.826 bits per heavy atom. The maximum absolute atomic E-state index is 5.64. The molecular weight excluding hydrogens is 290 g/mol. The molecule has 23 heavy (non-hydrogen) atoms. The normalized spacial score (nSPS) is 10.6. The number of ether oxygens (including phenoxy) is 3. The van der Waals surface area contributed by atoms with E-state index >= 15 is 0 Å². The van der Waals surface area contributed by atoms with E-state index in [9.17, 15) is 0 Å². The minimum atomic E-state index is 0.512. The fourth-order valence-corrected chi connectivity index (χ4v) is 2.23. The van der Waals surface area contributed by atoms with Crippen LogP contribution in [0.4, 0.5) is 0 Å². The molecule has 0 aliphatic rings. The summed E-state index contributed by atoms with van der Waals surface area (Å²) in [6, 6.07) is 14.6. The highest BCUT2D eigenvalue weighted by Gasteiger charge is 2.05. The van der Waals surface area contributed by atoms with Gasteiger partial charge in [0.05, 0.1) is 13.7 Å². The lowest BCUT2D eigenvalue weighted by atomic mass is 10.1. The molecular formula is C19H25NO3. The molecule has 0 spiro atoms. The van der Waals surface area contributed by atoms with Crippen LogP contribution in [0.5, 0.6) is 11.5 Å². The summed E-state index contributed by atoms with van der Waals surface area (Å²) in [7, 11) is 3.31. The fourth-order valence-electron chi connectivity index (χ4n) is 2.23. The summed E-state index contributed by atoms with van der Waals surface area (Å²) in [6.07, 6.45) is 0. The molecule has 0 unspecified atom stereocenters. The standard InChI is InChI=1S/C19H25NO3/c1-15-4-6-16(7-5-15)13-20-14-17-8-9-18(19(12-17)22-3)23-11-10-21-2/h4-9,12,20H,10-11,13-14H2,1-3H3. The van der Waals surface area contributed by atoms with Crippen molar-refractivity contribution < 1.29 is 14.2 Å². The Morgan fingerprint density at radius 3 is 2.22 bits per heavy atom. The average molecular weight is 315 g/mol. The van der Waals surface area contributed by atoms with Crippen molar-refractivity contribution in [1.82, 2.24) is 5.32 Å². The molecule has 4 nitrogen and oxygen atoms in total. The van der Waals surface area contributed by atoms with Crippen LogP contribution in [-0.2, 0) is 17.8 Å². The van der Waals surface area contributed by atoms with Crippen molar-refractivity contribution >= 4 is 0 Å². The summed E-state index contributed by atoms with van der Waals surface area (Å²) in [5.74, 6) is 1.49. The van der Waals surface area contributed by atoms with E-state index in [2.05, 4.69) is 36.5 Å². The zero-order valence-corrected chi connectivity index (χ0v) is 14.1. The van der Waals surface area contributed by atoms with Crippen LogP contribution in [0.3, 0.4) is 0 Å². The van der Waals surface area contributed by atoms with Crippen LogP contribution >= 0.6 is 0 Å². The van der Waals surface area contributed by atoms with Crippen molar-refractivity contribution in [3.63, 3.8) is 0 Å². The van der Waals surface area contributed by atoms with Gasteiger partial charge < -0.3 is 19.5 Å². The molecule has 0 saturated heterocycles. The van der Waals surface area contributed by atoms with Gasteiger partial charge in [0, 0.05) is 20.2 Å². The molecule has 2 aromatic rings. The summed E-state index contributed by atoms with van der Waals surface area (Å²) < 4.78 is 16.0. The summed E-state index contributed by atoms with van der Waals surface area (Å²) in [4.78, 5) is 0. The highest BCUT2D eigenvalue weighted by molar-refractivity contribution is 5.43. The molecule has 0 amide bonds. The van der Waals surface area contributed by atoms with Crippen molar-refractivity contribution in [2.75, 3.05) is 27.4 Å². The summed E-state index contributed by atoms with van der Waals surface area (Å²) in [5, 5.41) is 3.44. The number of nitrogens with one attached hydrogen (secondary N) is 1. The smallest absolute Gasteiger partial charge is 0.161 e. The lowest BCUT2D eigenvalue weighted by Crippen LogP contribution is -2.13. The molecule has 0 bridgehead atoms. The Morgan fingerprint density at radius 2 is 1.52 bits per heavy atom. The van der Waals surface area contributed by atoms with Gasteiger partial charge in [-0.2, -0.15) is 0 Å². The number of benzene rings is 2. The molecule has 2 aromatic carbocycles. The molecule has 0 aliphatic carbocycles. The monoisotopic (exact) mass is 315 g/mol. The second-order valence-electron chi connectivity index (χ2n) is 5.42. The van der Waals surface area contributed by atoms with Gasteiger partial charge in [0.1, 0.15) is 6.61 Å². The van der Waals surface area contributed by atoms with Gasteiger partial charge in [-0.15, -0.1) is 0 Å². The van der Waals surface area contributed by atoms with E-state index < -0.39 is 0 Å². The molecule has 0 aliphatic heterocycles. The second-order valence-corrected chi connectivity index (χ2v) is 5.42. The van der Waals surface area contributed by atoms with E-state index in [-0.39, 0.29) is 0 Å². The zero-order valence-electron chi connectivity index (χ0n) is 14.1. The maximum Gasteiger partial charge on any atom is 0.161 e. The van der Waals surface area contributed by atoms with E-state index in [0.29, 0.717) is 13.2 Å². The molecule has 1 N–H and O–H groups in total. The van der Waals surface area contributed by atoms with E-state index in [4.69, 9.17) is 14.2 Å². The van der Waals surface area contributed by atoms with Crippen LogP contribution in [0.15, 0.2) is 42.5 Å². The highest BCUT2D eigenvalue weighted by atomic mass is 16.5. The lowest BCUT2D eigenvalue weighted by Gasteiger charge is -2.12. The maximum atomic E-state index is 5.64. The Balaban J connectivity index is 1.88. The van der Waals surface area contributed by atoms with Crippen molar-refractivity contribution in [2.45, 2.75) is 20.0 Å². The molecule has 0 heterocycles. The third-order valence-corrected chi connectivity index (χ3v) is 3.55. The van der Waals surface area contributed by atoms with Crippen molar-refractivity contribution in [3.05, 3.63) is 59.2 Å². The molecule has 0 radical (unpaired) electrons. The van der Waals surface area contributed by atoms with Gasteiger partial charge in [0.25, 0.3) is 0 Å². The topological polar surface area (TPSA) is 39.7 Å². The Bertz CT molecular complexity index is 596. The molecule has 2 rings (SSSR count). The Labute approximate surface area is 138 Å². The predicted octanol–water partition coefficient (Wildman–Crippen LogP) is 3.32. The van der Waals surface area contributed by atoms with E-state index in [1.165, 1.54) is 11.1 Å². The highest BCUT2D eigenvalue weighted by Crippen LogP contribution is 2.28. The molecule has 4 heteroatoms. The number of rotatable bonds is 9. The number of hydrogen-bond donors (Lipinski definition) is 1. The first-order chi connectivity index (χ1) is 11.2. The molecule has 0 fully saturated rings. The molecule has 124 valence electrons. The molecule has 0 atom stereocenters. The quantitative estimate of drug-likeness (QED) is 0.721. The first kappa shape index (κ1) is 17.3. The second kappa shape index (κ2) is 9.18. The minimum Gasteiger partial charge on any atom is -0.493 e. The van der Waals surface area contributed by atoms with Crippen LogP contribution in [0.1, 0.15) is 16.7 Å². The van der Waals surface area contributed by atoms with Gasteiger partial charge >= 0.3 is 0 Å². The predicted molar refractivity (Wildman–Crippen MR) is 92.1 cm³/mol. The van der Waals surface area contributed by atoms with Gasteiger partial charge in [0.15, 0.2) is 11.5 Å². The summed E-state index contributed by atoms with van der Waals surface area (Å²) in [5.41, 5.74) is 3.72. The minimum absolute atomic E-state index is 0.512. The Kier molecular flexibility index (Phi) is 6.91. The first-order valence-corrected chi connectivity index (χ1v) is 7.78. The van der Waals surface area contributed by atoms with Crippen LogP contribution in [0.25, 0.3) is 0 Å². The third kappa shape index (κ3) is 5.58. The van der Waals surface area contributed by atoms with E-state index in [1.807, 2.05) is 18.2 Å². The third-order valence-electron chi connectivity index (χ3n) is 3.55. The average Bonchev–Trinajstić information content (AvgIpc) is 2.58. The number of methoxy groups -OCH3 is 2. The van der Waals surface area contributed by atoms with E-state index in [1.54, 1.807) is 14.2 Å². The van der Waals surface area contributed by atoms with Gasteiger partial charge in [-0.05, 0) is 30.2 Å². The summed E-state index contributed by atoms with van der Waals surface area (Å²) in [6.45, 7) is 4.79. The van der Waals surface area contributed by atoms with Crippen LogP contribution in [0, 0.1) is 6.92 Å². The van der Waals surface area contributed by atoms with Gasteiger partial charge in [0.2, 0.25) is 0 Å². The summed E-state index contributed by atoms with van der Waals surface area (Å²) >= 11 is 0. The molecule has 0 saturated carbocycles. The van der Waals surface area contributed by atoms with Gasteiger partial charge in [-0.25, -0.2) is 0 Å². The van der Waals surface area contributed by atoms with Crippen LogP contribution < -0.4 is 14.8 Å². The van der Waals surface area contributed by atoms with Crippen LogP contribution in [-0.4, -0.2) is 27.4 Å². The van der Waals surface area contributed by atoms with E-state index in [0.717, 1.165) is 30.2 Å². The van der Waals surface area contributed by atoms with Crippen LogP contribution in [0.2, 0.25) is 0 Å². The Hall–Kier alpha value is -2.04. The van der Waals surface area contributed by atoms with Crippen molar-refractivity contribution in [3.8, 4) is 11.5 Å². The van der Waals surface area contributed by atoms with Gasteiger partial charge in [-0.1, -0.05) is 35.9 Å². The SMILES string of the molecule is COCCOc1ccc(CNCc2ccc(C)cc2)cc1OC. The molecule has 0 aromatic heterocycles. The number of hydrogen-bond acceptors (Lipinski definition) is 4. The number of aryl methyl sites for hydroxylation is 1. The fraction of sp³-hybridized carbons (Fsp3) is 0.368. The van der Waals surface area contributed by atoms with Crippen molar-refractivity contribution in [1.29, 1.82) is 0 Å². The largest absolute Gasteiger partial charge is 0.493 e. The first-order valence-electron chi connectivity index (χ1n) is 7.78. The van der Waals surface area contributed by atoms with Crippen molar-refractivity contribution in [2.24, 2.45) is 0 Å². The zero-order chi connectivity index (χ0) is 16.5.